The maximum absolute atomic E-state index is 13.1. The number of nitrogens with one attached hydrogen (secondary N) is 3. The zero-order valence-electron chi connectivity index (χ0n) is 13.6. The second kappa shape index (κ2) is 8.47. The molecule has 4 amide bonds. The van der Waals surface area contributed by atoms with E-state index in [0.29, 0.717) is 26.1 Å². The van der Waals surface area contributed by atoms with Crippen molar-refractivity contribution < 1.29 is 18.4 Å². The van der Waals surface area contributed by atoms with Crippen molar-refractivity contribution in [1.29, 1.82) is 0 Å². The molecule has 0 spiro atoms. The first kappa shape index (κ1) is 18.0. The van der Waals surface area contributed by atoms with Crippen LogP contribution < -0.4 is 16.0 Å². The molecule has 8 heteroatoms. The van der Waals surface area contributed by atoms with Crippen molar-refractivity contribution >= 4 is 12.1 Å². The molecule has 0 saturated carbocycles. The molecule has 24 heavy (non-hydrogen) atoms. The molecule has 1 aliphatic rings. The summed E-state index contributed by atoms with van der Waals surface area (Å²) in [4.78, 5) is 24.6. The largest absolute Gasteiger partial charge is 0.341 e. The fraction of sp³-hybridized carbons (Fsp3) is 0.500. The summed E-state index contributed by atoms with van der Waals surface area (Å²) < 4.78 is 25.9. The smallest absolute Gasteiger partial charge is 0.317 e. The topological polar surface area (TPSA) is 73.5 Å². The first-order valence-electron chi connectivity index (χ1n) is 7.94. The van der Waals surface area contributed by atoms with Gasteiger partial charge in [-0.05, 0) is 37.0 Å². The van der Waals surface area contributed by atoms with E-state index in [1.807, 2.05) is 0 Å². The molecule has 1 fully saturated rings. The minimum atomic E-state index is -0.843. The maximum Gasteiger partial charge on any atom is 0.317 e. The average Bonchev–Trinajstić information content (AvgIpc) is 2.52. The van der Waals surface area contributed by atoms with E-state index in [1.165, 1.54) is 6.07 Å². The molecule has 2 rings (SSSR count). The summed E-state index contributed by atoms with van der Waals surface area (Å²) in [6, 6.07) is 3.48. The van der Waals surface area contributed by atoms with E-state index in [-0.39, 0.29) is 18.1 Å². The third-order valence-electron chi connectivity index (χ3n) is 3.88. The molecule has 1 heterocycles. The molecule has 1 aliphatic heterocycles. The molecular weight excluding hydrogens is 318 g/mol. The van der Waals surface area contributed by atoms with Crippen LogP contribution in [0.1, 0.15) is 18.4 Å². The van der Waals surface area contributed by atoms with Gasteiger partial charge in [-0.25, -0.2) is 18.4 Å². The number of nitrogens with zero attached hydrogens (tertiary/aromatic N) is 1. The van der Waals surface area contributed by atoms with Crippen LogP contribution in [-0.4, -0.2) is 49.7 Å². The van der Waals surface area contributed by atoms with Crippen LogP contribution in [0.4, 0.5) is 18.4 Å². The third kappa shape index (κ3) is 5.07. The summed E-state index contributed by atoms with van der Waals surface area (Å²) in [7, 11) is 1.54. The van der Waals surface area contributed by atoms with Crippen LogP contribution in [0.5, 0.6) is 0 Å². The molecule has 0 aromatic heterocycles. The molecule has 3 N–H and O–H groups in total. The predicted octanol–water partition coefficient (Wildman–Crippen LogP) is 1.61. The Morgan fingerprint density at radius 2 is 1.96 bits per heavy atom. The molecule has 0 radical (unpaired) electrons. The standard InChI is InChI=1S/C16H22F2N4O2/c1-19-15(23)21-12-9-22(10-12)16(24)20-7-3-2-4-11-5-6-13(17)14(18)8-11/h5-6,8,12H,2-4,7,9-10H2,1H3,(H,20,24)(H2,19,21,23). The van der Waals surface area contributed by atoms with Crippen LogP contribution >= 0.6 is 0 Å². The highest BCUT2D eigenvalue weighted by Gasteiger charge is 2.31. The number of unbranched alkanes of at least 4 members (excludes halogenated alkanes) is 1. The number of amides is 4. The van der Waals surface area contributed by atoms with Crippen molar-refractivity contribution in [3.8, 4) is 0 Å². The lowest BCUT2D eigenvalue weighted by atomic mass is 10.1. The molecule has 0 atom stereocenters. The number of rotatable bonds is 6. The Bertz CT molecular complexity index is 591. The first-order valence-corrected chi connectivity index (χ1v) is 7.94. The van der Waals surface area contributed by atoms with Gasteiger partial charge in [0.05, 0.1) is 6.04 Å². The Labute approximate surface area is 139 Å². The number of benzene rings is 1. The Morgan fingerprint density at radius 1 is 1.21 bits per heavy atom. The molecule has 0 bridgehead atoms. The van der Waals surface area contributed by atoms with Gasteiger partial charge in [-0.2, -0.15) is 0 Å². The highest BCUT2D eigenvalue weighted by molar-refractivity contribution is 5.77. The van der Waals surface area contributed by atoms with E-state index >= 15 is 0 Å². The van der Waals surface area contributed by atoms with Crippen molar-refractivity contribution in [3.63, 3.8) is 0 Å². The third-order valence-corrected chi connectivity index (χ3v) is 3.88. The van der Waals surface area contributed by atoms with Crippen LogP contribution in [0.2, 0.25) is 0 Å². The number of aryl methyl sites for hydroxylation is 1. The molecular formula is C16H22F2N4O2. The van der Waals surface area contributed by atoms with Gasteiger partial charge >= 0.3 is 12.1 Å². The van der Waals surface area contributed by atoms with Crippen LogP contribution in [-0.2, 0) is 6.42 Å². The van der Waals surface area contributed by atoms with Gasteiger partial charge in [-0.15, -0.1) is 0 Å². The second-order valence-corrected chi connectivity index (χ2v) is 5.76. The number of carbonyl (C=O) groups excluding carboxylic acids is 2. The van der Waals surface area contributed by atoms with Gasteiger partial charge in [-0.1, -0.05) is 6.07 Å². The number of hydrogen-bond acceptors (Lipinski definition) is 2. The maximum atomic E-state index is 13.1. The van der Waals surface area contributed by atoms with Gasteiger partial charge in [0.25, 0.3) is 0 Å². The summed E-state index contributed by atoms with van der Waals surface area (Å²) in [5.74, 6) is -1.68. The van der Waals surface area contributed by atoms with Crippen LogP contribution in [0.25, 0.3) is 0 Å². The van der Waals surface area contributed by atoms with Crippen molar-refractivity contribution in [1.82, 2.24) is 20.9 Å². The summed E-state index contributed by atoms with van der Waals surface area (Å²) in [5, 5.41) is 7.99. The number of hydrogen-bond donors (Lipinski definition) is 3. The van der Waals surface area contributed by atoms with Gasteiger partial charge in [0.1, 0.15) is 0 Å². The van der Waals surface area contributed by atoms with Crippen molar-refractivity contribution in [2.24, 2.45) is 0 Å². The van der Waals surface area contributed by atoms with Crippen LogP contribution in [0.15, 0.2) is 18.2 Å². The minimum absolute atomic E-state index is 0.0101. The molecule has 1 aromatic carbocycles. The normalized spacial score (nSPS) is 14.0. The lowest BCUT2D eigenvalue weighted by molar-refractivity contribution is 0.139. The van der Waals surface area contributed by atoms with E-state index in [2.05, 4.69) is 16.0 Å². The molecule has 0 aliphatic carbocycles. The molecule has 1 saturated heterocycles. The van der Waals surface area contributed by atoms with E-state index in [9.17, 15) is 18.4 Å². The highest BCUT2D eigenvalue weighted by atomic mass is 19.2. The summed E-state index contributed by atoms with van der Waals surface area (Å²) in [6.07, 6.45) is 2.15. The Hall–Kier alpha value is -2.38. The summed E-state index contributed by atoms with van der Waals surface area (Å²) in [5.41, 5.74) is 0.742. The van der Waals surface area contributed by atoms with Gasteiger partial charge < -0.3 is 20.9 Å². The molecule has 1 aromatic rings. The number of halogens is 2. The van der Waals surface area contributed by atoms with E-state index in [4.69, 9.17) is 0 Å². The fourth-order valence-corrected chi connectivity index (χ4v) is 2.45. The van der Waals surface area contributed by atoms with Crippen molar-refractivity contribution in [3.05, 3.63) is 35.4 Å². The Kier molecular flexibility index (Phi) is 6.34. The average molecular weight is 340 g/mol. The fourth-order valence-electron chi connectivity index (χ4n) is 2.45. The molecule has 132 valence electrons. The summed E-state index contributed by atoms with van der Waals surface area (Å²) in [6.45, 7) is 1.51. The quantitative estimate of drug-likeness (QED) is 0.689. The molecule has 0 unspecified atom stereocenters. The van der Waals surface area contributed by atoms with Gasteiger partial charge in [-0.3, -0.25) is 0 Å². The number of carbonyl (C=O) groups is 2. The summed E-state index contributed by atoms with van der Waals surface area (Å²) >= 11 is 0. The van der Waals surface area contributed by atoms with Crippen LogP contribution in [0, 0.1) is 11.6 Å². The lowest BCUT2D eigenvalue weighted by Crippen LogP contribution is -2.63. The van der Waals surface area contributed by atoms with Crippen molar-refractivity contribution in [2.45, 2.75) is 25.3 Å². The Morgan fingerprint density at radius 3 is 2.62 bits per heavy atom. The highest BCUT2D eigenvalue weighted by Crippen LogP contribution is 2.11. The lowest BCUT2D eigenvalue weighted by Gasteiger charge is -2.39. The van der Waals surface area contributed by atoms with Crippen LogP contribution in [0.3, 0.4) is 0 Å². The monoisotopic (exact) mass is 340 g/mol. The van der Waals surface area contributed by atoms with Gasteiger partial charge in [0.2, 0.25) is 0 Å². The predicted molar refractivity (Wildman–Crippen MR) is 85.6 cm³/mol. The van der Waals surface area contributed by atoms with E-state index < -0.39 is 11.6 Å². The first-order chi connectivity index (χ1) is 11.5. The zero-order valence-corrected chi connectivity index (χ0v) is 13.6. The minimum Gasteiger partial charge on any atom is -0.341 e. The van der Waals surface area contributed by atoms with E-state index in [1.54, 1.807) is 18.0 Å². The SMILES string of the molecule is CNC(=O)NC1CN(C(=O)NCCCCc2ccc(F)c(F)c2)C1. The van der Waals surface area contributed by atoms with Gasteiger partial charge in [0, 0.05) is 26.7 Å². The van der Waals surface area contributed by atoms with Gasteiger partial charge in [0.15, 0.2) is 11.6 Å². The van der Waals surface area contributed by atoms with E-state index in [0.717, 1.165) is 24.5 Å². The Balaban J connectivity index is 1.55. The second-order valence-electron chi connectivity index (χ2n) is 5.76. The number of urea groups is 2. The number of likely N-dealkylation sites (tertiary alicyclic amines) is 1. The molecule has 6 nitrogen and oxygen atoms in total. The zero-order chi connectivity index (χ0) is 17.5. The van der Waals surface area contributed by atoms with Crippen molar-refractivity contribution in [2.75, 3.05) is 26.7 Å².